The van der Waals surface area contributed by atoms with Crippen LogP contribution in [0.3, 0.4) is 0 Å². The van der Waals surface area contributed by atoms with E-state index < -0.39 is 17.4 Å². The monoisotopic (exact) mass is 472 g/mol. The summed E-state index contributed by atoms with van der Waals surface area (Å²) < 4.78 is 0. The van der Waals surface area contributed by atoms with E-state index in [9.17, 15) is 14.4 Å². The van der Waals surface area contributed by atoms with Crippen LogP contribution < -0.4 is 26.6 Å². The molecule has 1 heterocycles. The zero-order valence-electron chi connectivity index (χ0n) is 19.7. The quantitative estimate of drug-likeness (QED) is 0.305. The van der Waals surface area contributed by atoms with Crippen molar-refractivity contribution in [1.82, 2.24) is 5.32 Å². The van der Waals surface area contributed by atoms with E-state index in [1.54, 1.807) is 30.1 Å². The first-order valence-corrected chi connectivity index (χ1v) is 11.5. The Morgan fingerprint density at radius 3 is 2.55 bits per heavy atom. The number of nitrogens with one attached hydrogen (secondary N) is 3. The van der Waals surface area contributed by atoms with E-state index in [-0.39, 0.29) is 12.3 Å². The van der Waals surface area contributed by atoms with Crippen LogP contribution in [0.25, 0.3) is 0 Å². The maximum absolute atomic E-state index is 12.9. The van der Waals surface area contributed by atoms with Crippen molar-refractivity contribution >= 4 is 57.6 Å². The molecule has 0 atom stereocenters. The van der Waals surface area contributed by atoms with Crippen LogP contribution in [0.5, 0.6) is 0 Å². The lowest BCUT2D eigenvalue weighted by Crippen LogP contribution is -2.38. The fraction of sp³-hybridized carbons (Fsp3) is 0.391. The Labute approximate surface area is 198 Å². The lowest BCUT2D eigenvalue weighted by molar-refractivity contribution is -0.126. The van der Waals surface area contributed by atoms with Gasteiger partial charge in [0.25, 0.3) is 0 Å². The molecule has 0 saturated heterocycles. The van der Waals surface area contributed by atoms with Crippen molar-refractivity contribution in [2.45, 2.75) is 40.5 Å². The number of nitrogens with two attached hydrogens (primary N) is 1. The van der Waals surface area contributed by atoms with E-state index in [4.69, 9.17) is 5.73 Å². The summed E-state index contributed by atoms with van der Waals surface area (Å²) in [6.07, 6.45) is 2.15. The minimum Gasteiger partial charge on any atom is -0.383 e. The number of thiophene rings is 1. The number of carbonyl (C=O) groups excluding carboxylic acids is 3. The lowest BCUT2D eigenvalue weighted by Gasteiger charge is -2.28. The van der Waals surface area contributed by atoms with Crippen LogP contribution in [0.4, 0.5) is 26.9 Å². The predicted molar refractivity (Wildman–Crippen MR) is 136 cm³/mol. The Balaban J connectivity index is 2.20. The van der Waals surface area contributed by atoms with Gasteiger partial charge in [-0.3, -0.25) is 20.2 Å². The highest BCUT2D eigenvalue weighted by Crippen LogP contribution is 2.32. The van der Waals surface area contributed by atoms with E-state index in [2.05, 4.69) is 20.9 Å². The summed E-state index contributed by atoms with van der Waals surface area (Å²) in [7, 11) is 1.72. The first-order chi connectivity index (χ1) is 15.5. The molecule has 1 aromatic carbocycles. The topological polar surface area (TPSA) is 129 Å². The molecule has 33 heavy (non-hydrogen) atoms. The van der Waals surface area contributed by atoms with Crippen LogP contribution in [0, 0.1) is 12.3 Å². The number of rotatable bonds is 10. The largest absolute Gasteiger partial charge is 0.383 e. The lowest BCUT2D eigenvalue weighted by atomic mass is 9.88. The van der Waals surface area contributed by atoms with Gasteiger partial charge in [-0.2, -0.15) is 0 Å². The fourth-order valence-corrected chi connectivity index (χ4v) is 3.60. The number of benzene rings is 1. The van der Waals surface area contributed by atoms with Gasteiger partial charge in [-0.05, 0) is 43.7 Å². The van der Waals surface area contributed by atoms with Gasteiger partial charge in [0.1, 0.15) is 0 Å². The molecule has 5 N–H and O–H groups in total. The van der Waals surface area contributed by atoms with Crippen molar-refractivity contribution in [3.05, 3.63) is 35.2 Å². The van der Waals surface area contributed by atoms with Gasteiger partial charge in [-0.25, -0.2) is 9.79 Å². The second kappa shape index (κ2) is 11.5. The molecule has 4 amide bonds. The number of nitrogens with zero attached hydrogens (tertiary/aromatic N) is 2. The average Bonchev–Trinajstić information content (AvgIpc) is 3.17. The first kappa shape index (κ1) is 25.9. The molecule has 0 aliphatic carbocycles. The summed E-state index contributed by atoms with van der Waals surface area (Å²) in [5.74, 6) is -0.434. The smallest absolute Gasteiger partial charge is 0.325 e. The third kappa shape index (κ3) is 7.60. The molecule has 0 spiro atoms. The van der Waals surface area contributed by atoms with Crippen LogP contribution in [-0.4, -0.2) is 37.8 Å². The van der Waals surface area contributed by atoms with Crippen LogP contribution in [0.15, 0.2) is 35.3 Å². The van der Waals surface area contributed by atoms with E-state index in [0.29, 0.717) is 30.0 Å². The van der Waals surface area contributed by atoms with E-state index in [0.717, 1.165) is 9.88 Å². The van der Waals surface area contributed by atoms with E-state index in [1.807, 2.05) is 39.8 Å². The van der Waals surface area contributed by atoms with Gasteiger partial charge in [-0.1, -0.05) is 20.8 Å². The summed E-state index contributed by atoms with van der Waals surface area (Å²) in [5.41, 5.74) is 6.51. The van der Waals surface area contributed by atoms with Crippen LogP contribution >= 0.6 is 11.3 Å². The van der Waals surface area contributed by atoms with Crippen LogP contribution in [-0.2, 0) is 9.59 Å². The maximum atomic E-state index is 12.9. The van der Waals surface area contributed by atoms with Crippen molar-refractivity contribution in [3.63, 3.8) is 0 Å². The summed E-state index contributed by atoms with van der Waals surface area (Å²) in [6.45, 7) is 8.07. The molecule has 9 nitrogen and oxygen atoms in total. The Morgan fingerprint density at radius 1 is 1.21 bits per heavy atom. The minimum atomic E-state index is -0.504. The molecule has 10 heteroatoms. The molecule has 2 rings (SSSR count). The van der Waals surface area contributed by atoms with Crippen molar-refractivity contribution in [2.75, 3.05) is 29.1 Å². The number of aryl methyl sites for hydroxylation is 1. The Morgan fingerprint density at radius 2 is 1.94 bits per heavy atom. The summed E-state index contributed by atoms with van der Waals surface area (Å²) in [6, 6.07) is 8.65. The molecule has 0 aliphatic rings. The molecule has 0 saturated carbocycles. The highest BCUT2D eigenvalue weighted by atomic mass is 32.1. The van der Waals surface area contributed by atoms with Crippen LogP contribution in [0.1, 0.15) is 38.5 Å². The molecule has 2 aromatic rings. The first-order valence-electron chi connectivity index (χ1n) is 10.6. The van der Waals surface area contributed by atoms with E-state index in [1.165, 1.54) is 17.7 Å². The van der Waals surface area contributed by atoms with Gasteiger partial charge in [0.05, 0.1) is 22.7 Å². The number of aliphatic imine (C=N–C) groups is 1. The van der Waals surface area contributed by atoms with Gasteiger partial charge in [0, 0.05) is 36.0 Å². The summed E-state index contributed by atoms with van der Waals surface area (Å²) in [4.78, 5) is 43.1. The number of primary amides is 1. The third-order valence-electron chi connectivity index (χ3n) is 5.20. The van der Waals surface area contributed by atoms with Gasteiger partial charge in [-0.15, -0.1) is 11.3 Å². The molecule has 0 fully saturated rings. The normalized spacial score (nSPS) is 11.3. The number of amides is 4. The van der Waals surface area contributed by atoms with Gasteiger partial charge in [0.15, 0.2) is 0 Å². The zero-order valence-corrected chi connectivity index (χ0v) is 20.5. The van der Waals surface area contributed by atoms with Crippen molar-refractivity contribution in [1.29, 1.82) is 0 Å². The standard InChI is InChI=1S/C23H32N6O3S/c1-6-23(3,4)21(31)29(5)16-8-9-17(25-12-11-19(24)30)18(13-16)26-14-27-22(32)28-20-10-7-15(2)33-20/h7-10,13-14,25H,6,11-12H2,1-5H3,(H2,24,30)(H2,26,27,28,32). The fourth-order valence-electron chi connectivity index (χ4n) is 2.84. The number of anilines is 3. The molecular weight excluding hydrogens is 440 g/mol. The molecule has 1 aromatic heterocycles. The zero-order chi connectivity index (χ0) is 24.6. The SMILES string of the molecule is CCC(C)(C)C(=O)N(C)c1ccc(NCCC(N)=O)c(N=CNC(=O)Nc2ccc(C)s2)c1. The summed E-state index contributed by atoms with van der Waals surface area (Å²) >= 11 is 1.47. The van der Waals surface area contributed by atoms with Crippen molar-refractivity contribution in [3.8, 4) is 0 Å². The maximum Gasteiger partial charge on any atom is 0.325 e. The Hall–Kier alpha value is -3.40. The van der Waals surface area contributed by atoms with Gasteiger partial charge < -0.3 is 16.0 Å². The highest BCUT2D eigenvalue weighted by molar-refractivity contribution is 7.16. The Bertz CT molecular complexity index is 1030. The number of urea groups is 1. The van der Waals surface area contributed by atoms with Gasteiger partial charge in [0.2, 0.25) is 11.8 Å². The number of hydrogen-bond acceptors (Lipinski definition) is 6. The second-order valence-corrected chi connectivity index (χ2v) is 9.50. The second-order valence-electron chi connectivity index (χ2n) is 8.21. The predicted octanol–water partition coefficient (Wildman–Crippen LogP) is 4.22. The molecule has 0 radical (unpaired) electrons. The molecule has 178 valence electrons. The van der Waals surface area contributed by atoms with Gasteiger partial charge >= 0.3 is 6.03 Å². The van der Waals surface area contributed by atoms with Crippen LogP contribution in [0.2, 0.25) is 0 Å². The molecular formula is C23H32N6O3S. The Kier molecular flexibility index (Phi) is 8.98. The molecule has 0 unspecified atom stereocenters. The van der Waals surface area contributed by atoms with E-state index >= 15 is 0 Å². The molecule has 0 aliphatic heterocycles. The van der Waals surface area contributed by atoms with Crippen molar-refractivity contribution < 1.29 is 14.4 Å². The highest BCUT2D eigenvalue weighted by Gasteiger charge is 2.29. The number of hydrogen-bond donors (Lipinski definition) is 4. The molecule has 0 bridgehead atoms. The summed E-state index contributed by atoms with van der Waals surface area (Å²) in [5, 5.41) is 9.16. The average molecular weight is 473 g/mol. The number of carbonyl (C=O) groups is 3. The third-order valence-corrected chi connectivity index (χ3v) is 6.12. The minimum absolute atomic E-state index is 0.0156. The van der Waals surface area contributed by atoms with Crippen molar-refractivity contribution in [2.24, 2.45) is 16.1 Å².